The zero-order valence-corrected chi connectivity index (χ0v) is 9.96. The van der Waals surface area contributed by atoms with Crippen LogP contribution in [0.25, 0.3) is 0 Å². The van der Waals surface area contributed by atoms with Gasteiger partial charge in [0.1, 0.15) is 0 Å². The van der Waals surface area contributed by atoms with Crippen LogP contribution in [0.2, 0.25) is 0 Å². The lowest BCUT2D eigenvalue weighted by Gasteiger charge is -2.15. The third-order valence-corrected chi connectivity index (χ3v) is 3.91. The number of anilines is 2. The zero-order valence-electron chi connectivity index (χ0n) is 9.96. The van der Waals surface area contributed by atoms with Gasteiger partial charge in [-0.2, -0.15) is 4.98 Å². The molecule has 2 aliphatic rings. The van der Waals surface area contributed by atoms with E-state index in [0.29, 0.717) is 17.2 Å². The number of rotatable bonds is 5. The first-order valence-corrected chi connectivity index (χ1v) is 6.18. The summed E-state index contributed by atoms with van der Waals surface area (Å²) in [6.45, 7) is 0.842. The van der Waals surface area contributed by atoms with Crippen LogP contribution in [-0.4, -0.2) is 23.6 Å². The van der Waals surface area contributed by atoms with Crippen molar-refractivity contribution in [1.82, 2.24) is 9.97 Å². The molecule has 0 saturated heterocycles. The number of aromatic nitrogens is 2. The molecular formula is C12H17FN4. The Hall–Kier alpha value is -1.39. The van der Waals surface area contributed by atoms with E-state index in [1.54, 1.807) is 7.05 Å². The first-order chi connectivity index (χ1) is 8.23. The van der Waals surface area contributed by atoms with E-state index in [1.807, 2.05) is 0 Å². The molecule has 2 N–H and O–H groups in total. The Bertz CT molecular complexity index is 427. The van der Waals surface area contributed by atoms with Crippen molar-refractivity contribution in [2.45, 2.75) is 25.7 Å². The van der Waals surface area contributed by atoms with Crippen molar-refractivity contribution in [2.24, 2.45) is 11.3 Å². The summed E-state index contributed by atoms with van der Waals surface area (Å²) in [6, 6.07) is 0. The van der Waals surface area contributed by atoms with Gasteiger partial charge in [-0.15, -0.1) is 0 Å². The number of halogens is 1. The molecule has 2 aliphatic carbocycles. The summed E-state index contributed by atoms with van der Waals surface area (Å²) in [4.78, 5) is 7.92. The molecule has 2 fully saturated rings. The Morgan fingerprint density at radius 3 is 2.82 bits per heavy atom. The molecule has 3 rings (SSSR count). The molecule has 1 aromatic rings. The van der Waals surface area contributed by atoms with E-state index in [1.165, 1.54) is 31.9 Å². The molecule has 0 bridgehead atoms. The Balaban J connectivity index is 1.68. The van der Waals surface area contributed by atoms with Crippen molar-refractivity contribution in [3.05, 3.63) is 12.0 Å². The van der Waals surface area contributed by atoms with Gasteiger partial charge in [-0.1, -0.05) is 0 Å². The molecule has 0 amide bonds. The van der Waals surface area contributed by atoms with E-state index in [0.717, 1.165) is 12.5 Å². The highest BCUT2D eigenvalue weighted by Gasteiger charge is 2.53. The van der Waals surface area contributed by atoms with E-state index in [-0.39, 0.29) is 5.82 Å². The summed E-state index contributed by atoms with van der Waals surface area (Å²) in [5.74, 6) is 1.25. The molecule has 1 heterocycles. The maximum atomic E-state index is 13.5. The van der Waals surface area contributed by atoms with E-state index >= 15 is 0 Å². The fraction of sp³-hybridized carbons (Fsp3) is 0.667. The number of hydrogen-bond acceptors (Lipinski definition) is 4. The lowest BCUT2D eigenvalue weighted by Crippen LogP contribution is -2.19. The fourth-order valence-electron chi connectivity index (χ4n) is 2.46. The molecule has 17 heavy (non-hydrogen) atoms. The van der Waals surface area contributed by atoms with Gasteiger partial charge in [-0.05, 0) is 37.0 Å². The topological polar surface area (TPSA) is 49.8 Å². The standard InChI is InChI=1S/C12H17FN4/c1-14-11-15-6-9(13)10(17-11)16-7-12(4-5-12)8-2-3-8/h6,8H,2-5,7H2,1H3,(H2,14,15,16,17). The molecule has 0 unspecified atom stereocenters. The Kier molecular flexibility index (Phi) is 2.42. The highest BCUT2D eigenvalue weighted by Crippen LogP contribution is 2.61. The molecule has 5 heteroatoms. The third kappa shape index (κ3) is 2.06. The van der Waals surface area contributed by atoms with E-state index < -0.39 is 0 Å². The number of nitrogens with zero attached hydrogens (tertiary/aromatic N) is 2. The number of hydrogen-bond donors (Lipinski definition) is 2. The minimum absolute atomic E-state index is 0.316. The van der Waals surface area contributed by atoms with Crippen LogP contribution in [0.5, 0.6) is 0 Å². The van der Waals surface area contributed by atoms with Gasteiger partial charge in [0, 0.05) is 13.6 Å². The van der Waals surface area contributed by atoms with Gasteiger partial charge >= 0.3 is 0 Å². The Morgan fingerprint density at radius 2 is 2.24 bits per heavy atom. The average Bonchev–Trinajstić information content (AvgIpc) is 3.19. The molecule has 0 aromatic carbocycles. The van der Waals surface area contributed by atoms with Gasteiger partial charge in [0.25, 0.3) is 0 Å². The SMILES string of the molecule is CNc1ncc(F)c(NCC2(C3CC3)CC2)n1. The van der Waals surface area contributed by atoms with Gasteiger partial charge in [-0.3, -0.25) is 0 Å². The lowest BCUT2D eigenvalue weighted by atomic mass is 10.0. The van der Waals surface area contributed by atoms with Crippen LogP contribution in [0, 0.1) is 17.2 Å². The largest absolute Gasteiger partial charge is 0.367 e. The predicted octanol–water partition coefficient (Wildman–Crippen LogP) is 2.26. The molecule has 0 aliphatic heterocycles. The first-order valence-electron chi connectivity index (χ1n) is 6.18. The zero-order chi connectivity index (χ0) is 11.9. The van der Waals surface area contributed by atoms with Crippen molar-refractivity contribution in [1.29, 1.82) is 0 Å². The average molecular weight is 236 g/mol. The van der Waals surface area contributed by atoms with Crippen LogP contribution >= 0.6 is 0 Å². The normalized spacial score (nSPS) is 21.1. The van der Waals surface area contributed by atoms with Crippen molar-refractivity contribution in [2.75, 3.05) is 24.2 Å². The highest BCUT2D eigenvalue weighted by atomic mass is 19.1. The maximum absolute atomic E-state index is 13.5. The maximum Gasteiger partial charge on any atom is 0.224 e. The summed E-state index contributed by atoms with van der Waals surface area (Å²) in [5.41, 5.74) is 0.442. The highest BCUT2D eigenvalue weighted by molar-refractivity contribution is 5.41. The molecule has 0 spiro atoms. The quantitative estimate of drug-likeness (QED) is 0.823. The van der Waals surface area contributed by atoms with Gasteiger partial charge < -0.3 is 10.6 Å². The van der Waals surface area contributed by atoms with Crippen molar-refractivity contribution < 1.29 is 4.39 Å². The summed E-state index contributed by atoms with van der Waals surface area (Å²) in [7, 11) is 1.73. The summed E-state index contributed by atoms with van der Waals surface area (Å²) in [5, 5.41) is 5.96. The van der Waals surface area contributed by atoms with Gasteiger partial charge in [0.15, 0.2) is 11.6 Å². The molecule has 0 radical (unpaired) electrons. The smallest absolute Gasteiger partial charge is 0.224 e. The second-order valence-electron chi connectivity index (χ2n) is 5.13. The van der Waals surface area contributed by atoms with Crippen LogP contribution in [0.4, 0.5) is 16.2 Å². The lowest BCUT2D eigenvalue weighted by molar-refractivity contribution is 0.464. The molecular weight excluding hydrogens is 219 g/mol. The second-order valence-corrected chi connectivity index (χ2v) is 5.13. The van der Waals surface area contributed by atoms with Crippen LogP contribution in [-0.2, 0) is 0 Å². The Labute approximate surface area is 100 Å². The van der Waals surface area contributed by atoms with Crippen molar-refractivity contribution in [3.63, 3.8) is 0 Å². The van der Waals surface area contributed by atoms with E-state index in [9.17, 15) is 4.39 Å². The van der Waals surface area contributed by atoms with Crippen LogP contribution in [0.3, 0.4) is 0 Å². The third-order valence-electron chi connectivity index (χ3n) is 3.91. The molecule has 2 saturated carbocycles. The molecule has 92 valence electrons. The summed E-state index contributed by atoms with van der Waals surface area (Å²) >= 11 is 0. The number of nitrogens with one attached hydrogen (secondary N) is 2. The minimum atomic E-state index is -0.379. The predicted molar refractivity (Wildman–Crippen MR) is 64.4 cm³/mol. The summed E-state index contributed by atoms with van der Waals surface area (Å²) in [6.07, 6.45) is 6.44. The minimum Gasteiger partial charge on any atom is -0.367 e. The van der Waals surface area contributed by atoms with Crippen molar-refractivity contribution in [3.8, 4) is 0 Å². The van der Waals surface area contributed by atoms with E-state index in [4.69, 9.17) is 0 Å². The van der Waals surface area contributed by atoms with E-state index in [2.05, 4.69) is 20.6 Å². The first kappa shape index (κ1) is 10.7. The van der Waals surface area contributed by atoms with Crippen LogP contribution in [0.1, 0.15) is 25.7 Å². The van der Waals surface area contributed by atoms with Crippen LogP contribution < -0.4 is 10.6 Å². The monoisotopic (exact) mass is 236 g/mol. The molecule has 4 nitrogen and oxygen atoms in total. The summed E-state index contributed by atoms with van der Waals surface area (Å²) < 4.78 is 13.5. The van der Waals surface area contributed by atoms with Crippen LogP contribution in [0.15, 0.2) is 6.20 Å². The molecule has 1 aromatic heterocycles. The van der Waals surface area contributed by atoms with Gasteiger partial charge in [0.2, 0.25) is 5.95 Å². The second kappa shape index (κ2) is 3.82. The Morgan fingerprint density at radius 1 is 1.47 bits per heavy atom. The molecule has 0 atom stereocenters. The fourth-order valence-corrected chi connectivity index (χ4v) is 2.46. The van der Waals surface area contributed by atoms with Gasteiger partial charge in [-0.25, -0.2) is 9.37 Å². The van der Waals surface area contributed by atoms with Gasteiger partial charge in [0.05, 0.1) is 6.20 Å². The van der Waals surface area contributed by atoms with Crippen molar-refractivity contribution >= 4 is 11.8 Å².